The van der Waals surface area contributed by atoms with Gasteiger partial charge in [0.1, 0.15) is 0 Å². The Morgan fingerprint density at radius 3 is 2.25 bits per heavy atom. The van der Waals surface area contributed by atoms with Crippen LogP contribution in [-0.2, 0) is 0 Å². The molecule has 0 nitrogen and oxygen atoms in total. The highest BCUT2D eigenvalue weighted by Crippen LogP contribution is 2.54. The summed E-state index contributed by atoms with van der Waals surface area (Å²) in [6.07, 6.45) is -2.24. The number of alkyl halides is 4. The largest absolute Gasteiger partial charge is 0.395 e. The molecule has 0 aliphatic heterocycles. The first-order valence-corrected chi connectivity index (χ1v) is 5.59. The first-order chi connectivity index (χ1) is 5.44. The average molecular weight is 292 g/mol. The first kappa shape index (κ1) is 10.6. The minimum Gasteiger partial charge on any atom is -0.170 e. The highest BCUT2D eigenvalue weighted by atomic mass is 127. The molecule has 0 N–H and O–H groups in total. The molecule has 0 heterocycles. The van der Waals surface area contributed by atoms with Crippen molar-refractivity contribution in [1.82, 2.24) is 0 Å². The highest BCUT2D eigenvalue weighted by Gasteiger charge is 2.58. The third kappa shape index (κ3) is 1.46. The van der Waals surface area contributed by atoms with Crippen molar-refractivity contribution >= 4 is 22.6 Å². The summed E-state index contributed by atoms with van der Waals surface area (Å²) in [4.78, 5) is 0. The van der Waals surface area contributed by atoms with Crippen LogP contribution >= 0.6 is 22.6 Å². The van der Waals surface area contributed by atoms with Gasteiger partial charge in [0.15, 0.2) is 0 Å². The lowest BCUT2D eigenvalue weighted by Gasteiger charge is -2.34. The Labute approximate surface area is 84.0 Å². The molecule has 1 aliphatic carbocycles. The van der Waals surface area contributed by atoms with E-state index in [0.29, 0.717) is 6.42 Å². The van der Waals surface area contributed by atoms with Gasteiger partial charge in [0.25, 0.3) is 0 Å². The SMILES string of the molecule is CC1CCCC1(CI)C(F)(F)F. The van der Waals surface area contributed by atoms with Gasteiger partial charge in [0.05, 0.1) is 5.41 Å². The number of rotatable bonds is 1. The molecule has 0 amide bonds. The Balaban J connectivity index is 2.89. The number of hydrogen-bond donors (Lipinski definition) is 0. The molecule has 0 bridgehead atoms. The summed E-state index contributed by atoms with van der Waals surface area (Å²) >= 11 is 1.86. The number of halogens is 4. The average Bonchev–Trinajstić information content (AvgIpc) is 2.30. The molecule has 2 atom stereocenters. The van der Waals surface area contributed by atoms with E-state index < -0.39 is 11.6 Å². The predicted molar refractivity (Wildman–Crippen MR) is 50.4 cm³/mol. The quantitative estimate of drug-likeness (QED) is 0.509. The molecule has 0 saturated heterocycles. The van der Waals surface area contributed by atoms with Gasteiger partial charge in [-0.05, 0) is 18.8 Å². The molecule has 1 aliphatic rings. The molecule has 4 heteroatoms. The van der Waals surface area contributed by atoms with Crippen LogP contribution in [0.4, 0.5) is 13.2 Å². The fraction of sp³-hybridized carbons (Fsp3) is 1.00. The van der Waals surface area contributed by atoms with E-state index >= 15 is 0 Å². The molecule has 1 rings (SSSR count). The molecular formula is C8H12F3I. The first-order valence-electron chi connectivity index (χ1n) is 4.07. The van der Waals surface area contributed by atoms with E-state index in [0.717, 1.165) is 12.8 Å². The fourth-order valence-electron chi connectivity index (χ4n) is 1.94. The zero-order chi connectivity index (χ0) is 9.41. The molecule has 0 spiro atoms. The molecule has 12 heavy (non-hydrogen) atoms. The van der Waals surface area contributed by atoms with Gasteiger partial charge in [0, 0.05) is 4.43 Å². The molecule has 2 unspecified atom stereocenters. The minimum absolute atomic E-state index is 0.200. The van der Waals surface area contributed by atoms with E-state index in [2.05, 4.69) is 0 Å². The predicted octanol–water partition coefficient (Wildman–Crippen LogP) is 3.79. The van der Waals surface area contributed by atoms with Crippen LogP contribution in [-0.4, -0.2) is 10.6 Å². The van der Waals surface area contributed by atoms with E-state index in [1.165, 1.54) is 0 Å². The van der Waals surface area contributed by atoms with Crippen LogP contribution < -0.4 is 0 Å². The Kier molecular flexibility index (Phi) is 2.96. The van der Waals surface area contributed by atoms with Gasteiger partial charge in [-0.3, -0.25) is 0 Å². The maximum atomic E-state index is 12.7. The second kappa shape index (κ2) is 3.35. The second-order valence-electron chi connectivity index (χ2n) is 3.58. The lowest BCUT2D eigenvalue weighted by molar-refractivity contribution is -0.224. The normalized spacial score (nSPS) is 37.2. The lowest BCUT2D eigenvalue weighted by atomic mass is 9.80. The van der Waals surface area contributed by atoms with E-state index in [9.17, 15) is 13.2 Å². The zero-order valence-corrected chi connectivity index (χ0v) is 9.08. The van der Waals surface area contributed by atoms with Crippen LogP contribution in [0.1, 0.15) is 26.2 Å². The van der Waals surface area contributed by atoms with Crippen LogP contribution in [0, 0.1) is 11.3 Å². The lowest BCUT2D eigenvalue weighted by Crippen LogP contribution is -2.41. The summed E-state index contributed by atoms with van der Waals surface area (Å²) in [5, 5.41) is 0. The molecule has 0 aromatic rings. The van der Waals surface area contributed by atoms with Gasteiger partial charge in [0.2, 0.25) is 0 Å². The smallest absolute Gasteiger partial charge is 0.170 e. The van der Waals surface area contributed by atoms with Crippen LogP contribution in [0.25, 0.3) is 0 Å². The van der Waals surface area contributed by atoms with E-state index in [1.807, 2.05) is 22.6 Å². The van der Waals surface area contributed by atoms with Crippen LogP contribution in [0.5, 0.6) is 0 Å². The fourth-order valence-corrected chi connectivity index (χ4v) is 3.51. The van der Waals surface area contributed by atoms with Crippen molar-refractivity contribution in [3.05, 3.63) is 0 Å². The van der Waals surface area contributed by atoms with Crippen molar-refractivity contribution < 1.29 is 13.2 Å². The van der Waals surface area contributed by atoms with E-state index in [4.69, 9.17) is 0 Å². The summed E-state index contributed by atoms with van der Waals surface area (Å²) in [7, 11) is 0. The van der Waals surface area contributed by atoms with Gasteiger partial charge in [-0.2, -0.15) is 13.2 Å². The van der Waals surface area contributed by atoms with Gasteiger partial charge in [-0.1, -0.05) is 35.9 Å². The summed E-state index contributed by atoms with van der Waals surface area (Å²) in [5.41, 5.74) is -1.38. The van der Waals surface area contributed by atoms with E-state index in [1.54, 1.807) is 6.92 Å². The van der Waals surface area contributed by atoms with Crippen molar-refractivity contribution in [2.75, 3.05) is 4.43 Å². The molecule has 1 saturated carbocycles. The monoisotopic (exact) mass is 292 g/mol. The maximum Gasteiger partial charge on any atom is 0.395 e. The summed E-state index contributed by atoms with van der Waals surface area (Å²) in [5.74, 6) is -0.200. The highest BCUT2D eigenvalue weighted by molar-refractivity contribution is 14.1. The van der Waals surface area contributed by atoms with Crippen LogP contribution in [0.15, 0.2) is 0 Å². The summed E-state index contributed by atoms with van der Waals surface area (Å²) in [6.45, 7) is 1.72. The topological polar surface area (TPSA) is 0 Å². The molecule has 72 valence electrons. The third-order valence-electron chi connectivity index (χ3n) is 3.01. The molecular weight excluding hydrogens is 280 g/mol. The van der Waals surface area contributed by atoms with Crippen molar-refractivity contribution in [2.24, 2.45) is 11.3 Å². The molecule has 0 aromatic carbocycles. The van der Waals surface area contributed by atoms with Crippen molar-refractivity contribution in [3.63, 3.8) is 0 Å². The van der Waals surface area contributed by atoms with Gasteiger partial charge in [-0.15, -0.1) is 0 Å². The van der Waals surface area contributed by atoms with Crippen LogP contribution in [0.2, 0.25) is 0 Å². The summed E-state index contributed by atoms with van der Waals surface area (Å²) in [6, 6.07) is 0. The van der Waals surface area contributed by atoms with Gasteiger partial charge in [-0.25, -0.2) is 0 Å². The zero-order valence-electron chi connectivity index (χ0n) is 6.92. The van der Waals surface area contributed by atoms with E-state index in [-0.39, 0.29) is 10.3 Å². The Morgan fingerprint density at radius 2 is 2.08 bits per heavy atom. The van der Waals surface area contributed by atoms with Gasteiger partial charge >= 0.3 is 6.18 Å². The van der Waals surface area contributed by atoms with Crippen molar-refractivity contribution in [2.45, 2.75) is 32.4 Å². The summed E-state index contributed by atoms with van der Waals surface area (Å²) < 4.78 is 38.2. The standard InChI is InChI=1S/C8H12F3I/c1-6-3-2-4-7(6,5-12)8(9,10)11/h6H,2-5H2,1H3. The number of hydrogen-bond acceptors (Lipinski definition) is 0. The van der Waals surface area contributed by atoms with Crippen LogP contribution in [0.3, 0.4) is 0 Å². The second-order valence-corrected chi connectivity index (χ2v) is 4.34. The Morgan fingerprint density at radius 1 is 1.50 bits per heavy atom. The Bertz CT molecular complexity index is 166. The molecule has 0 radical (unpaired) electrons. The van der Waals surface area contributed by atoms with Gasteiger partial charge < -0.3 is 0 Å². The van der Waals surface area contributed by atoms with Crippen molar-refractivity contribution in [3.8, 4) is 0 Å². The molecule has 1 fully saturated rings. The van der Waals surface area contributed by atoms with Crippen molar-refractivity contribution in [1.29, 1.82) is 0 Å². The maximum absolute atomic E-state index is 12.7. The third-order valence-corrected chi connectivity index (χ3v) is 4.37. The Hall–Kier alpha value is 0.520. The minimum atomic E-state index is -4.01. The molecule has 0 aromatic heterocycles.